The fourth-order valence-electron chi connectivity index (χ4n) is 4.90. The molecular formula is C23H41B. The minimum Gasteiger partial charge on any atom is -0.0885 e. The molecule has 1 fully saturated rings. The number of hydrogen-bond acceptors (Lipinski definition) is 0. The van der Waals surface area contributed by atoms with Crippen LogP contribution in [0.25, 0.3) is 0 Å². The van der Waals surface area contributed by atoms with Crippen LogP contribution in [-0.4, -0.2) is 7.85 Å². The molecule has 0 aromatic rings. The van der Waals surface area contributed by atoms with Gasteiger partial charge in [0.05, 0.1) is 7.85 Å². The Labute approximate surface area is 153 Å². The largest absolute Gasteiger partial charge is 0.0885 e. The van der Waals surface area contributed by atoms with Crippen molar-refractivity contribution in [3.63, 3.8) is 0 Å². The van der Waals surface area contributed by atoms with Crippen LogP contribution in [0, 0.1) is 11.8 Å². The molecule has 136 valence electrons. The molecule has 0 aromatic carbocycles. The Balaban J connectivity index is 1.89. The molecule has 0 N–H and O–H groups in total. The smallest absolute Gasteiger partial charge is 0.0699 e. The Bertz CT molecular complexity index is 322. The molecule has 2 rings (SSSR count). The normalized spacial score (nSPS) is 34.2. The van der Waals surface area contributed by atoms with Crippen LogP contribution in [-0.2, 0) is 0 Å². The summed E-state index contributed by atoms with van der Waals surface area (Å²) in [6.07, 6.45) is 30.2. The molecule has 2 aliphatic carbocycles. The zero-order valence-electron chi connectivity index (χ0n) is 16.2. The lowest BCUT2D eigenvalue weighted by atomic mass is 9.73. The van der Waals surface area contributed by atoms with Gasteiger partial charge < -0.3 is 0 Å². The van der Waals surface area contributed by atoms with Gasteiger partial charge in [-0.05, 0) is 43.9 Å². The van der Waals surface area contributed by atoms with E-state index in [1.54, 1.807) is 0 Å². The van der Waals surface area contributed by atoms with Crippen LogP contribution >= 0.6 is 0 Å². The second-order valence-corrected chi connectivity index (χ2v) is 8.60. The summed E-state index contributed by atoms with van der Waals surface area (Å²) in [5.41, 5.74) is 0. The maximum absolute atomic E-state index is 6.42. The van der Waals surface area contributed by atoms with Crippen LogP contribution in [0.3, 0.4) is 0 Å². The SMILES string of the molecule is [B]C1CCCCCCCCC(C2CCC/C=C\CCCCC2)CC1. The highest BCUT2D eigenvalue weighted by Gasteiger charge is 2.21. The first-order valence-electron chi connectivity index (χ1n) is 11.3. The van der Waals surface area contributed by atoms with Gasteiger partial charge in [-0.2, -0.15) is 0 Å². The lowest BCUT2D eigenvalue weighted by molar-refractivity contribution is 0.238. The monoisotopic (exact) mass is 328 g/mol. The van der Waals surface area contributed by atoms with Crippen molar-refractivity contribution in [1.29, 1.82) is 0 Å². The van der Waals surface area contributed by atoms with E-state index < -0.39 is 0 Å². The van der Waals surface area contributed by atoms with E-state index in [2.05, 4.69) is 12.2 Å². The molecule has 0 saturated heterocycles. The molecule has 0 heterocycles. The molecule has 0 bridgehead atoms. The summed E-state index contributed by atoms with van der Waals surface area (Å²) in [4.78, 5) is 0. The van der Waals surface area contributed by atoms with E-state index in [4.69, 9.17) is 7.85 Å². The van der Waals surface area contributed by atoms with Crippen molar-refractivity contribution in [1.82, 2.24) is 0 Å². The predicted molar refractivity (Wildman–Crippen MR) is 109 cm³/mol. The van der Waals surface area contributed by atoms with Gasteiger partial charge in [-0.25, -0.2) is 0 Å². The average Bonchev–Trinajstić information content (AvgIpc) is 2.64. The molecule has 3 unspecified atom stereocenters. The minimum atomic E-state index is 0.470. The Morgan fingerprint density at radius 3 is 1.71 bits per heavy atom. The van der Waals surface area contributed by atoms with Crippen molar-refractivity contribution in [3.8, 4) is 0 Å². The van der Waals surface area contributed by atoms with Crippen molar-refractivity contribution in [2.24, 2.45) is 11.8 Å². The van der Waals surface area contributed by atoms with E-state index in [-0.39, 0.29) is 0 Å². The third-order valence-corrected chi connectivity index (χ3v) is 6.53. The second kappa shape index (κ2) is 13.1. The zero-order chi connectivity index (χ0) is 16.9. The Hall–Kier alpha value is -0.195. The Morgan fingerprint density at radius 2 is 0.958 bits per heavy atom. The summed E-state index contributed by atoms with van der Waals surface area (Å²) >= 11 is 0. The van der Waals surface area contributed by atoms with Gasteiger partial charge >= 0.3 is 0 Å². The third kappa shape index (κ3) is 8.77. The van der Waals surface area contributed by atoms with E-state index in [0.717, 1.165) is 11.8 Å². The molecular weight excluding hydrogens is 287 g/mol. The fourth-order valence-corrected chi connectivity index (χ4v) is 4.90. The van der Waals surface area contributed by atoms with Gasteiger partial charge in [-0.15, -0.1) is 0 Å². The summed E-state index contributed by atoms with van der Waals surface area (Å²) in [6, 6.07) is 0. The highest BCUT2D eigenvalue weighted by Crippen LogP contribution is 2.35. The van der Waals surface area contributed by atoms with Gasteiger partial charge in [0.25, 0.3) is 0 Å². The van der Waals surface area contributed by atoms with Gasteiger partial charge in [0.1, 0.15) is 0 Å². The van der Waals surface area contributed by atoms with Crippen LogP contribution in [0.2, 0.25) is 5.82 Å². The standard InChI is InChI=1S/C23H41B/c24-23-18-14-10-6-5-9-13-17-22(19-20-23)21-15-11-7-3-1-2-4-8-12-16-21/h1,3,21-23H,2,4-20H2/b3-1-. The molecule has 1 heteroatoms. The van der Waals surface area contributed by atoms with Gasteiger partial charge in [0.15, 0.2) is 0 Å². The molecule has 0 nitrogen and oxygen atoms in total. The van der Waals surface area contributed by atoms with Crippen LogP contribution in [0.4, 0.5) is 0 Å². The molecule has 1 saturated carbocycles. The Kier molecular flexibility index (Phi) is 11.0. The van der Waals surface area contributed by atoms with E-state index in [1.807, 2.05) is 0 Å². The molecule has 2 radical (unpaired) electrons. The van der Waals surface area contributed by atoms with Crippen molar-refractivity contribution in [2.45, 2.75) is 121 Å². The van der Waals surface area contributed by atoms with Crippen LogP contribution in [0.1, 0.15) is 116 Å². The maximum Gasteiger partial charge on any atom is 0.0699 e. The van der Waals surface area contributed by atoms with E-state index in [1.165, 1.54) is 116 Å². The molecule has 0 spiro atoms. The van der Waals surface area contributed by atoms with Gasteiger partial charge in [0, 0.05) is 0 Å². The third-order valence-electron chi connectivity index (χ3n) is 6.53. The second-order valence-electron chi connectivity index (χ2n) is 8.60. The quantitative estimate of drug-likeness (QED) is 0.340. The fraction of sp³-hybridized carbons (Fsp3) is 0.913. The Morgan fingerprint density at radius 1 is 0.458 bits per heavy atom. The first-order chi connectivity index (χ1) is 11.9. The highest BCUT2D eigenvalue weighted by atomic mass is 14.3. The van der Waals surface area contributed by atoms with E-state index in [9.17, 15) is 0 Å². The molecule has 0 aromatic heterocycles. The predicted octanol–water partition coefficient (Wildman–Crippen LogP) is 7.78. The molecule has 0 amide bonds. The van der Waals surface area contributed by atoms with Crippen LogP contribution in [0.5, 0.6) is 0 Å². The summed E-state index contributed by atoms with van der Waals surface area (Å²) in [5, 5.41) is 0. The van der Waals surface area contributed by atoms with Gasteiger partial charge in [-0.1, -0.05) is 101 Å². The highest BCUT2D eigenvalue weighted by molar-refractivity contribution is 6.11. The van der Waals surface area contributed by atoms with Gasteiger partial charge in [-0.3, -0.25) is 0 Å². The lowest BCUT2D eigenvalue weighted by Gasteiger charge is -2.29. The summed E-state index contributed by atoms with van der Waals surface area (Å²) < 4.78 is 0. The molecule has 24 heavy (non-hydrogen) atoms. The molecule has 2 aliphatic rings. The average molecular weight is 328 g/mol. The van der Waals surface area contributed by atoms with E-state index >= 15 is 0 Å². The zero-order valence-corrected chi connectivity index (χ0v) is 16.2. The topological polar surface area (TPSA) is 0 Å². The van der Waals surface area contributed by atoms with Gasteiger partial charge in [0.2, 0.25) is 0 Å². The van der Waals surface area contributed by atoms with Crippen molar-refractivity contribution >= 4 is 7.85 Å². The number of allylic oxidation sites excluding steroid dienone is 2. The van der Waals surface area contributed by atoms with E-state index in [0.29, 0.717) is 5.82 Å². The molecule has 3 atom stereocenters. The van der Waals surface area contributed by atoms with Crippen LogP contribution in [0.15, 0.2) is 12.2 Å². The number of hydrogen-bond donors (Lipinski definition) is 0. The van der Waals surface area contributed by atoms with Crippen molar-refractivity contribution in [2.75, 3.05) is 0 Å². The molecule has 0 aliphatic heterocycles. The lowest BCUT2D eigenvalue weighted by Crippen LogP contribution is -2.17. The summed E-state index contributed by atoms with van der Waals surface area (Å²) in [5.74, 6) is 2.41. The first-order valence-corrected chi connectivity index (χ1v) is 11.3. The van der Waals surface area contributed by atoms with Crippen LogP contribution < -0.4 is 0 Å². The number of rotatable bonds is 1. The maximum atomic E-state index is 6.42. The first kappa shape index (κ1) is 20.1. The van der Waals surface area contributed by atoms with Crippen molar-refractivity contribution < 1.29 is 0 Å². The summed E-state index contributed by atoms with van der Waals surface area (Å²) in [6.45, 7) is 0. The summed E-state index contributed by atoms with van der Waals surface area (Å²) in [7, 11) is 6.42. The minimum absolute atomic E-state index is 0.470. The van der Waals surface area contributed by atoms with Crippen molar-refractivity contribution in [3.05, 3.63) is 12.2 Å².